The van der Waals surface area contributed by atoms with Crippen LogP contribution in [0.3, 0.4) is 0 Å². The number of carbonyl (C=O) groups is 1. The van der Waals surface area contributed by atoms with Crippen molar-refractivity contribution in [3.8, 4) is 0 Å². The van der Waals surface area contributed by atoms with E-state index in [4.69, 9.17) is 4.74 Å². The molecule has 0 radical (unpaired) electrons. The smallest absolute Gasteiger partial charge is 0.410 e. The van der Waals surface area contributed by atoms with E-state index in [9.17, 15) is 4.79 Å². The van der Waals surface area contributed by atoms with Gasteiger partial charge in [-0.25, -0.2) is 4.79 Å². The Kier molecular flexibility index (Phi) is 7.23. The summed E-state index contributed by atoms with van der Waals surface area (Å²) in [5, 5.41) is 14.2. The maximum atomic E-state index is 12.0. The maximum absolute atomic E-state index is 12.0. The van der Waals surface area contributed by atoms with E-state index in [0.717, 1.165) is 38.4 Å². The minimum atomic E-state index is -0.460. The third kappa shape index (κ3) is 6.89. The first-order valence-corrected chi connectivity index (χ1v) is 9.22. The first-order valence-electron chi connectivity index (χ1n) is 9.22. The molecule has 0 spiro atoms. The van der Waals surface area contributed by atoms with Gasteiger partial charge >= 0.3 is 6.09 Å². The van der Waals surface area contributed by atoms with Crippen molar-refractivity contribution in [2.24, 2.45) is 4.99 Å². The van der Waals surface area contributed by atoms with Crippen molar-refractivity contribution in [3.63, 3.8) is 0 Å². The topological polar surface area (TPSA) is 96.7 Å². The average molecular weight is 365 g/mol. The number of nitrogens with one attached hydrogen (secondary N) is 2. The van der Waals surface area contributed by atoms with Crippen LogP contribution in [0.1, 0.15) is 40.5 Å². The molecular weight excluding hydrogens is 334 g/mol. The number of carbonyl (C=O) groups excluding carboxylic acids is 1. The summed E-state index contributed by atoms with van der Waals surface area (Å²) in [6, 6.07) is 0.206. The van der Waals surface area contributed by atoms with Gasteiger partial charge in [0.15, 0.2) is 5.96 Å². The Balaban J connectivity index is 1.67. The highest BCUT2D eigenvalue weighted by atomic mass is 16.6. The van der Waals surface area contributed by atoms with Crippen LogP contribution in [0.25, 0.3) is 0 Å². The van der Waals surface area contributed by atoms with Gasteiger partial charge in [0.1, 0.15) is 18.3 Å². The Hall–Kier alpha value is -2.32. The molecule has 0 unspecified atom stereocenters. The molecule has 9 heteroatoms. The molecule has 1 fully saturated rings. The highest BCUT2D eigenvalue weighted by Gasteiger charge is 2.34. The zero-order valence-electron chi connectivity index (χ0n) is 16.2. The minimum Gasteiger partial charge on any atom is -0.444 e. The third-order valence-corrected chi connectivity index (χ3v) is 3.78. The van der Waals surface area contributed by atoms with Crippen LogP contribution in [-0.4, -0.2) is 69.5 Å². The second kappa shape index (κ2) is 9.40. The summed E-state index contributed by atoms with van der Waals surface area (Å²) in [6.07, 6.45) is 5.20. The largest absolute Gasteiger partial charge is 0.444 e. The first-order chi connectivity index (χ1) is 12.4. The van der Waals surface area contributed by atoms with Gasteiger partial charge in [-0.05, 0) is 40.5 Å². The Morgan fingerprint density at radius 3 is 2.58 bits per heavy atom. The van der Waals surface area contributed by atoms with Crippen molar-refractivity contribution in [1.29, 1.82) is 0 Å². The number of aliphatic imine (C=N–C) groups is 1. The van der Waals surface area contributed by atoms with Gasteiger partial charge in [0, 0.05) is 32.7 Å². The summed E-state index contributed by atoms with van der Waals surface area (Å²) >= 11 is 0. The van der Waals surface area contributed by atoms with Crippen LogP contribution >= 0.6 is 0 Å². The molecule has 0 saturated carbocycles. The van der Waals surface area contributed by atoms with Crippen LogP contribution in [0.15, 0.2) is 17.6 Å². The van der Waals surface area contributed by atoms with Crippen LogP contribution in [0, 0.1) is 0 Å². The summed E-state index contributed by atoms with van der Waals surface area (Å²) in [4.78, 5) is 18.3. The summed E-state index contributed by atoms with van der Waals surface area (Å²) < 4.78 is 7.33. The van der Waals surface area contributed by atoms with Crippen molar-refractivity contribution in [1.82, 2.24) is 30.3 Å². The SMILES string of the molecule is CCNC(=NCCCCn1cnnc1)NC1CN(C(=O)OC(C)(C)C)C1. The Morgan fingerprint density at radius 1 is 1.27 bits per heavy atom. The van der Waals surface area contributed by atoms with Crippen LogP contribution in [0.5, 0.6) is 0 Å². The summed E-state index contributed by atoms with van der Waals surface area (Å²) in [5.74, 6) is 0.797. The number of unbranched alkanes of at least 4 members (excludes halogenated alkanes) is 1. The highest BCUT2D eigenvalue weighted by Crippen LogP contribution is 2.15. The number of ether oxygens (including phenoxy) is 1. The monoisotopic (exact) mass is 365 g/mol. The predicted octanol–water partition coefficient (Wildman–Crippen LogP) is 1.23. The molecule has 1 saturated heterocycles. The molecule has 0 bridgehead atoms. The van der Waals surface area contributed by atoms with Gasteiger partial charge in [0.2, 0.25) is 0 Å². The maximum Gasteiger partial charge on any atom is 0.410 e. The van der Waals surface area contributed by atoms with E-state index in [0.29, 0.717) is 13.1 Å². The van der Waals surface area contributed by atoms with E-state index in [-0.39, 0.29) is 12.1 Å². The fourth-order valence-corrected chi connectivity index (χ4v) is 2.49. The van der Waals surface area contributed by atoms with Gasteiger partial charge in [-0.15, -0.1) is 10.2 Å². The number of rotatable bonds is 7. The van der Waals surface area contributed by atoms with Crippen molar-refractivity contribution < 1.29 is 9.53 Å². The summed E-state index contributed by atoms with van der Waals surface area (Å²) in [7, 11) is 0. The number of hydrogen-bond acceptors (Lipinski definition) is 5. The molecule has 1 aliphatic heterocycles. The molecule has 2 rings (SSSR count). The Morgan fingerprint density at radius 2 is 1.96 bits per heavy atom. The number of hydrogen-bond donors (Lipinski definition) is 2. The first kappa shape index (κ1) is 20.0. The molecule has 0 aromatic carbocycles. The van der Waals surface area contributed by atoms with E-state index >= 15 is 0 Å². The lowest BCUT2D eigenvalue weighted by atomic mass is 10.1. The molecule has 2 heterocycles. The Labute approximate surface area is 155 Å². The fourth-order valence-electron chi connectivity index (χ4n) is 2.49. The second-order valence-corrected chi connectivity index (χ2v) is 7.39. The molecule has 146 valence electrons. The van der Waals surface area contributed by atoms with Crippen LogP contribution in [0.4, 0.5) is 4.79 Å². The standard InChI is InChI=1S/C17H31N7O2/c1-5-18-15(19-8-6-7-9-23-12-20-21-13-23)22-14-10-24(11-14)16(25)26-17(2,3)4/h12-14H,5-11H2,1-4H3,(H2,18,19,22). The van der Waals surface area contributed by atoms with E-state index in [1.54, 1.807) is 17.6 Å². The quantitative estimate of drug-likeness (QED) is 0.429. The van der Waals surface area contributed by atoms with E-state index in [1.807, 2.05) is 32.3 Å². The van der Waals surface area contributed by atoms with Crippen LogP contribution in [0.2, 0.25) is 0 Å². The van der Waals surface area contributed by atoms with Crippen molar-refractivity contribution in [2.45, 2.75) is 58.7 Å². The lowest BCUT2D eigenvalue weighted by Gasteiger charge is -2.40. The van der Waals surface area contributed by atoms with Gasteiger partial charge in [-0.2, -0.15) is 0 Å². The molecule has 0 atom stereocenters. The number of nitrogens with zero attached hydrogens (tertiary/aromatic N) is 5. The molecule has 1 aliphatic rings. The second-order valence-electron chi connectivity index (χ2n) is 7.39. The normalized spacial score (nSPS) is 15.5. The van der Waals surface area contributed by atoms with E-state index in [2.05, 4.69) is 25.8 Å². The van der Waals surface area contributed by atoms with Gasteiger partial charge in [-0.3, -0.25) is 4.99 Å². The molecule has 0 aliphatic carbocycles. The molecule has 9 nitrogen and oxygen atoms in total. The number of aromatic nitrogens is 3. The predicted molar refractivity (Wildman–Crippen MR) is 100.0 cm³/mol. The molecule has 2 N–H and O–H groups in total. The van der Waals surface area contributed by atoms with Crippen molar-refractivity contribution in [3.05, 3.63) is 12.7 Å². The zero-order valence-corrected chi connectivity index (χ0v) is 16.2. The van der Waals surface area contributed by atoms with E-state index in [1.165, 1.54) is 0 Å². The molecular formula is C17H31N7O2. The number of aryl methyl sites for hydroxylation is 1. The number of guanidine groups is 1. The van der Waals surface area contributed by atoms with Gasteiger partial charge in [-0.1, -0.05) is 0 Å². The Bertz CT molecular complexity index is 574. The van der Waals surface area contributed by atoms with Gasteiger partial charge < -0.3 is 24.8 Å². The summed E-state index contributed by atoms with van der Waals surface area (Å²) in [6.45, 7) is 11.4. The highest BCUT2D eigenvalue weighted by molar-refractivity contribution is 5.80. The van der Waals surface area contributed by atoms with E-state index < -0.39 is 5.60 Å². The van der Waals surface area contributed by atoms with Gasteiger partial charge in [0.05, 0.1) is 6.04 Å². The van der Waals surface area contributed by atoms with Crippen molar-refractivity contribution >= 4 is 12.1 Å². The lowest BCUT2D eigenvalue weighted by Crippen LogP contribution is -2.63. The lowest BCUT2D eigenvalue weighted by molar-refractivity contribution is 0.00701. The number of amides is 1. The van der Waals surface area contributed by atoms with Crippen LogP contribution in [-0.2, 0) is 11.3 Å². The van der Waals surface area contributed by atoms with Crippen molar-refractivity contribution in [2.75, 3.05) is 26.2 Å². The molecule has 1 amide bonds. The zero-order chi connectivity index (χ0) is 19.0. The molecule has 1 aromatic heterocycles. The van der Waals surface area contributed by atoms with Gasteiger partial charge in [0.25, 0.3) is 0 Å². The number of likely N-dealkylation sites (tertiary alicyclic amines) is 1. The molecule has 26 heavy (non-hydrogen) atoms. The summed E-state index contributed by atoms with van der Waals surface area (Å²) in [5.41, 5.74) is -0.460. The molecule has 1 aromatic rings. The average Bonchev–Trinajstić information content (AvgIpc) is 3.01. The third-order valence-electron chi connectivity index (χ3n) is 3.78. The minimum absolute atomic E-state index is 0.206. The van der Waals surface area contributed by atoms with Crippen LogP contribution < -0.4 is 10.6 Å². The fraction of sp³-hybridized carbons (Fsp3) is 0.765.